The first-order chi connectivity index (χ1) is 7.40. The average Bonchev–Trinajstić information content (AvgIpc) is 2.20. The second-order valence-electron chi connectivity index (χ2n) is 4.21. The van der Waals surface area contributed by atoms with Gasteiger partial charge in [-0.05, 0) is 20.4 Å². The number of carbonyl (C=O) groups is 1. The molecule has 2 N–H and O–H groups in total. The van der Waals surface area contributed by atoms with Crippen LogP contribution in [0.4, 0.5) is 4.39 Å². The molecule has 0 aliphatic rings. The first-order valence-electron chi connectivity index (χ1n) is 5.63. The third-order valence-corrected chi connectivity index (χ3v) is 2.29. The third kappa shape index (κ3) is 6.74. The fraction of sp³-hybridized carbons (Fsp3) is 0.909. The Morgan fingerprint density at radius 1 is 1.50 bits per heavy atom. The summed E-state index contributed by atoms with van der Waals surface area (Å²) in [4.78, 5) is 10.6. The van der Waals surface area contributed by atoms with E-state index in [-0.39, 0.29) is 12.5 Å². The van der Waals surface area contributed by atoms with Crippen LogP contribution in [0, 0.1) is 0 Å². The van der Waals surface area contributed by atoms with E-state index in [1.54, 1.807) is 13.8 Å². The Balaban J connectivity index is 3.85. The minimum Gasteiger partial charge on any atom is -0.371 e. The molecule has 0 radical (unpaired) electrons. The van der Waals surface area contributed by atoms with Crippen LogP contribution in [0.2, 0.25) is 0 Å². The Kier molecular flexibility index (Phi) is 7.25. The number of ether oxygens (including phenoxy) is 1. The van der Waals surface area contributed by atoms with Gasteiger partial charge in [-0.25, -0.2) is 4.39 Å². The predicted molar refractivity (Wildman–Crippen MR) is 62.2 cm³/mol. The molecule has 0 rings (SSSR count). The van der Waals surface area contributed by atoms with Gasteiger partial charge < -0.3 is 15.4 Å². The van der Waals surface area contributed by atoms with Crippen molar-refractivity contribution in [3.05, 3.63) is 0 Å². The van der Waals surface area contributed by atoms with Gasteiger partial charge in [0.2, 0.25) is 5.91 Å². The molecule has 1 atom stereocenters. The van der Waals surface area contributed by atoms with Crippen LogP contribution in [0.1, 0.15) is 27.7 Å². The zero-order chi connectivity index (χ0) is 12.6. The van der Waals surface area contributed by atoms with E-state index in [0.717, 1.165) is 6.54 Å². The molecule has 1 amide bonds. The standard InChI is InChI=1S/C11H23FN2O2/c1-5-13-6-7-16-11(3,4)10(12)8-14-9(2)15/h10,13H,5-8H2,1-4H3,(H,14,15). The molecule has 1 unspecified atom stereocenters. The van der Waals surface area contributed by atoms with E-state index in [1.807, 2.05) is 6.92 Å². The Morgan fingerprint density at radius 3 is 2.62 bits per heavy atom. The van der Waals surface area contributed by atoms with E-state index in [4.69, 9.17) is 4.74 Å². The molecule has 0 aliphatic carbocycles. The molecular formula is C11H23FN2O2. The maximum Gasteiger partial charge on any atom is 0.216 e. The highest BCUT2D eigenvalue weighted by Gasteiger charge is 2.30. The summed E-state index contributed by atoms with van der Waals surface area (Å²) in [6.45, 7) is 8.76. The van der Waals surface area contributed by atoms with E-state index < -0.39 is 11.8 Å². The van der Waals surface area contributed by atoms with E-state index in [0.29, 0.717) is 13.2 Å². The van der Waals surface area contributed by atoms with Gasteiger partial charge in [0.15, 0.2) is 0 Å². The number of halogens is 1. The Labute approximate surface area is 96.9 Å². The zero-order valence-corrected chi connectivity index (χ0v) is 10.6. The lowest BCUT2D eigenvalue weighted by atomic mass is 10.0. The van der Waals surface area contributed by atoms with Crippen molar-refractivity contribution in [2.75, 3.05) is 26.2 Å². The molecule has 0 spiro atoms. The summed E-state index contributed by atoms with van der Waals surface area (Å²) in [6.07, 6.45) is -1.21. The lowest BCUT2D eigenvalue weighted by Gasteiger charge is -2.29. The number of rotatable bonds is 8. The normalized spacial score (nSPS) is 13.6. The second-order valence-corrected chi connectivity index (χ2v) is 4.21. The molecule has 96 valence electrons. The summed E-state index contributed by atoms with van der Waals surface area (Å²) in [5.74, 6) is -0.230. The molecule has 0 bridgehead atoms. The SMILES string of the molecule is CCNCCOC(C)(C)C(F)CNC(C)=O. The van der Waals surface area contributed by atoms with Crippen LogP contribution < -0.4 is 10.6 Å². The van der Waals surface area contributed by atoms with Crippen molar-refractivity contribution < 1.29 is 13.9 Å². The number of carbonyl (C=O) groups excluding carboxylic acids is 1. The summed E-state index contributed by atoms with van der Waals surface area (Å²) < 4.78 is 19.1. The van der Waals surface area contributed by atoms with Gasteiger partial charge in [0.05, 0.1) is 18.8 Å². The minimum atomic E-state index is -1.21. The van der Waals surface area contributed by atoms with E-state index in [1.165, 1.54) is 6.92 Å². The number of hydrogen-bond acceptors (Lipinski definition) is 3. The van der Waals surface area contributed by atoms with Crippen molar-refractivity contribution >= 4 is 5.91 Å². The number of likely N-dealkylation sites (N-methyl/N-ethyl adjacent to an activating group) is 1. The lowest BCUT2D eigenvalue weighted by molar-refractivity contribution is -0.120. The Bertz CT molecular complexity index is 210. The van der Waals surface area contributed by atoms with Gasteiger partial charge in [0.25, 0.3) is 0 Å². The van der Waals surface area contributed by atoms with Gasteiger partial charge in [-0.2, -0.15) is 0 Å². The van der Waals surface area contributed by atoms with E-state index >= 15 is 0 Å². The lowest BCUT2D eigenvalue weighted by Crippen LogP contribution is -2.44. The second kappa shape index (κ2) is 7.57. The molecule has 0 aliphatic heterocycles. The van der Waals surface area contributed by atoms with E-state index in [2.05, 4.69) is 10.6 Å². The average molecular weight is 234 g/mol. The van der Waals surface area contributed by atoms with Crippen molar-refractivity contribution in [2.24, 2.45) is 0 Å². The number of nitrogens with one attached hydrogen (secondary N) is 2. The largest absolute Gasteiger partial charge is 0.371 e. The van der Waals surface area contributed by atoms with Crippen LogP contribution in [0.5, 0.6) is 0 Å². The zero-order valence-electron chi connectivity index (χ0n) is 10.6. The summed E-state index contributed by atoms with van der Waals surface area (Å²) in [5.41, 5.74) is -0.877. The van der Waals surface area contributed by atoms with Crippen molar-refractivity contribution in [3.63, 3.8) is 0 Å². The number of amides is 1. The highest BCUT2D eigenvalue weighted by molar-refractivity contribution is 5.72. The van der Waals surface area contributed by atoms with Crippen molar-refractivity contribution in [1.82, 2.24) is 10.6 Å². The fourth-order valence-electron chi connectivity index (χ4n) is 1.13. The van der Waals surface area contributed by atoms with Gasteiger partial charge in [-0.3, -0.25) is 4.79 Å². The van der Waals surface area contributed by atoms with Gasteiger partial charge in [-0.1, -0.05) is 6.92 Å². The van der Waals surface area contributed by atoms with E-state index in [9.17, 15) is 9.18 Å². The van der Waals surface area contributed by atoms with Crippen LogP contribution in [0.3, 0.4) is 0 Å². The molecule has 0 aromatic carbocycles. The van der Waals surface area contributed by atoms with Crippen molar-refractivity contribution in [1.29, 1.82) is 0 Å². The highest BCUT2D eigenvalue weighted by Crippen LogP contribution is 2.17. The molecule has 4 nitrogen and oxygen atoms in total. The van der Waals surface area contributed by atoms with Gasteiger partial charge in [0, 0.05) is 13.5 Å². The molecule has 0 saturated carbocycles. The first kappa shape index (κ1) is 15.3. The fourth-order valence-corrected chi connectivity index (χ4v) is 1.13. The highest BCUT2D eigenvalue weighted by atomic mass is 19.1. The van der Waals surface area contributed by atoms with Crippen molar-refractivity contribution in [2.45, 2.75) is 39.5 Å². The molecule has 0 aromatic heterocycles. The smallest absolute Gasteiger partial charge is 0.216 e. The molecule has 0 fully saturated rings. The third-order valence-electron chi connectivity index (χ3n) is 2.29. The van der Waals surface area contributed by atoms with Crippen molar-refractivity contribution in [3.8, 4) is 0 Å². The van der Waals surface area contributed by atoms with Crippen LogP contribution in [0.15, 0.2) is 0 Å². The van der Waals surface area contributed by atoms with Crippen LogP contribution in [0.25, 0.3) is 0 Å². The quantitative estimate of drug-likeness (QED) is 0.613. The summed E-state index contributed by atoms with van der Waals surface area (Å²) in [7, 11) is 0. The Hall–Kier alpha value is -0.680. The van der Waals surface area contributed by atoms with Crippen LogP contribution >= 0.6 is 0 Å². The molecule has 16 heavy (non-hydrogen) atoms. The van der Waals surface area contributed by atoms with Crippen LogP contribution in [-0.4, -0.2) is 43.9 Å². The number of alkyl halides is 1. The molecular weight excluding hydrogens is 211 g/mol. The molecule has 0 heterocycles. The summed E-state index contributed by atoms with van der Waals surface area (Å²) in [5, 5.41) is 5.54. The summed E-state index contributed by atoms with van der Waals surface area (Å²) in [6, 6.07) is 0. The molecule has 5 heteroatoms. The predicted octanol–water partition coefficient (Wildman–Crippen LogP) is 0.865. The number of hydrogen-bond donors (Lipinski definition) is 2. The van der Waals surface area contributed by atoms with Crippen LogP contribution in [-0.2, 0) is 9.53 Å². The van der Waals surface area contributed by atoms with Gasteiger partial charge in [-0.15, -0.1) is 0 Å². The summed E-state index contributed by atoms with van der Waals surface area (Å²) >= 11 is 0. The molecule has 0 saturated heterocycles. The maximum absolute atomic E-state index is 13.7. The van der Waals surface area contributed by atoms with Gasteiger partial charge in [0.1, 0.15) is 6.17 Å². The maximum atomic E-state index is 13.7. The monoisotopic (exact) mass is 234 g/mol. The van der Waals surface area contributed by atoms with Gasteiger partial charge >= 0.3 is 0 Å². The minimum absolute atomic E-state index is 0.0104. The Morgan fingerprint density at radius 2 is 2.12 bits per heavy atom. The topological polar surface area (TPSA) is 50.4 Å². The molecule has 0 aromatic rings. The first-order valence-corrected chi connectivity index (χ1v) is 5.63.